The summed E-state index contributed by atoms with van der Waals surface area (Å²) < 4.78 is 43.2. The first-order valence-electron chi connectivity index (χ1n) is 9.01. The molecule has 1 aromatic carbocycles. The highest BCUT2D eigenvalue weighted by molar-refractivity contribution is 6.10. The fraction of sp³-hybridized carbons (Fsp3) is 0.526. The van der Waals surface area contributed by atoms with E-state index in [0.717, 1.165) is 23.8 Å². The molecule has 6 nitrogen and oxygen atoms in total. The van der Waals surface area contributed by atoms with Crippen molar-refractivity contribution in [3.8, 4) is 0 Å². The van der Waals surface area contributed by atoms with Crippen LogP contribution in [-0.4, -0.2) is 42.2 Å². The fourth-order valence-corrected chi connectivity index (χ4v) is 3.54. The number of carboxylic acid groups (broad SMARTS) is 1. The van der Waals surface area contributed by atoms with Crippen molar-refractivity contribution in [2.24, 2.45) is 0 Å². The van der Waals surface area contributed by atoms with Crippen LogP contribution in [0, 0.1) is 11.6 Å². The van der Waals surface area contributed by atoms with Gasteiger partial charge in [0.25, 0.3) is 0 Å². The van der Waals surface area contributed by atoms with E-state index in [9.17, 15) is 23.2 Å². The van der Waals surface area contributed by atoms with E-state index in [4.69, 9.17) is 5.11 Å². The Hall–Kier alpha value is -2.58. The largest absolute Gasteiger partial charge is 0.481 e. The summed E-state index contributed by atoms with van der Waals surface area (Å²) in [7, 11) is 0. The van der Waals surface area contributed by atoms with Crippen LogP contribution in [0.5, 0.6) is 0 Å². The SMILES string of the molecule is CC1(C)C(=O)N(CC(=O)NC[C@@H](F)CC(=O)O)c2c(F)cc(C3CC3)c(F)c21. The minimum atomic E-state index is -1.80. The quantitative estimate of drug-likeness (QED) is 0.739. The van der Waals surface area contributed by atoms with Crippen LogP contribution in [0.2, 0.25) is 0 Å². The summed E-state index contributed by atoms with van der Waals surface area (Å²) in [5, 5.41) is 10.7. The monoisotopic (exact) mass is 398 g/mol. The van der Waals surface area contributed by atoms with Crippen LogP contribution in [0.3, 0.4) is 0 Å². The van der Waals surface area contributed by atoms with Gasteiger partial charge in [0.15, 0.2) is 0 Å². The van der Waals surface area contributed by atoms with Gasteiger partial charge in [-0.3, -0.25) is 19.3 Å². The third-order valence-electron chi connectivity index (χ3n) is 5.13. The number of amides is 2. The van der Waals surface area contributed by atoms with E-state index in [1.54, 1.807) is 0 Å². The van der Waals surface area contributed by atoms with Crippen LogP contribution in [0.25, 0.3) is 0 Å². The van der Waals surface area contributed by atoms with Gasteiger partial charge in [-0.1, -0.05) is 0 Å². The summed E-state index contributed by atoms with van der Waals surface area (Å²) in [5.41, 5.74) is -1.44. The van der Waals surface area contributed by atoms with E-state index in [0.29, 0.717) is 0 Å². The third kappa shape index (κ3) is 3.57. The molecule has 2 amide bonds. The average molecular weight is 398 g/mol. The Labute approximate surface area is 159 Å². The minimum Gasteiger partial charge on any atom is -0.481 e. The van der Waals surface area contributed by atoms with Crippen molar-refractivity contribution >= 4 is 23.5 Å². The molecule has 0 bridgehead atoms. The molecule has 0 saturated heterocycles. The molecule has 152 valence electrons. The number of halogens is 3. The second-order valence-electron chi connectivity index (χ2n) is 7.77. The molecule has 1 saturated carbocycles. The summed E-state index contributed by atoms with van der Waals surface area (Å²) in [4.78, 5) is 36.2. The number of alkyl halides is 1. The Morgan fingerprint density at radius 2 is 2.00 bits per heavy atom. The van der Waals surface area contributed by atoms with Crippen molar-refractivity contribution in [1.29, 1.82) is 0 Å². The molecule has 0 unspecified atom stereocenters. The van der Waals surface area contributed by atoms with Crippen LogP contribution in [0.4, 0.5) is 18.9 Å². The molecule has 3 rings (SSSR count). The summed E-state index contributed by atoms with van der Waals surface area (Å²) in [6, 6.07) is 1.08. The molecule has 1 aliphatic carbocycles. The van der Waals surface area contributed by atoms with Crippen LogP contribution >= 0.6 is 0 Å². The first-order chi connectivity index (χ1) is 13.0. The van der Waals surface area contributed by atoms with Gasteiger partial charge in [0.1, 0.15) is 24.4 Å². The molecule has 0 radical (unpaired) electrons. The van der Waals surface area contributed by atoms with Gasteiger partial charge < -0.3 is 10.4 Å². The molecule has 0 aromatic heterocycles. The molecule has 1 atom stereocenters. The number of carbonyl (C=O) groups excluding carboxylic acids is 2. The van der Waals surface area contributed by atoms with Gasteiger partial charge in [-0.15, -0.1) is 0 Å². The molecule has 2 aliphatic rings. The number of nitrogens with zero attached hydrogens (tertiary/aromatic N) is 1. The lowest BCUT2D eigenvalue weighted by Crippen LogP contribution is -2.44. The van der Waals surface area contributed by atoms with Crippen molar-refractivity contribution in [3.05, 3.63) is 28.8 Å². The number of fused-ring (bicyclic) bond motifs is 1. The zero-order chi connectivity index (χ0) is 20.8. The Morgan fingerprint density at radius 1 is 1.36 bits per heavy atom. The number of benzene rings is 1. The summed E-state index contributed by atoms with van der Waals surface area (Å²) >= 11 is 0. The van der Waals surface area contributed by atoms with E-state index in [1.165, 1.54) is 13.8 Å². The molecule has 2 N–H and O–H groups in total. The Balaban J connectivity index is 1.83. The lowest BCUT2D eigenvalue weighted by atomic mass is 9.84. The van der Waals surface area contributed by atoms with E-state index in [-0.39, 0.29) is 22.7 Å². The molecule has 0 spiro atoms. The van der Waals surface area contributed by atoms with Gasteiger partial charge >= 0.3 is 5.97 Å². The van der Waals surface area contributed by atoms with Gasteiger partial charge in [-0.25, -0.2) is 13.2 Å². The minimum absolute atomic E-state index is 0.0567. The first kappa shape index (κ1) is 20.2. The number of hydrogen-bond donors (Lipinski definition) is 2. The number of hydrogen-bond acceptors (Lipinski definition) is 3. The molecule has 28 heavy (non-hydrogen) atoms. The molecule has 1 aromatic rings. The Kier molecular flexibility index (Phi) is 5.12. The zero-order valence-electron chi connectivity index (χ0n) is 15.5. The lowest BCUT2D eigenvalue weighted by Gasteiger charge is -2.20. The lowest BCUT2D eigenvalue weighted by molar-refractivity contribution is -0.138. The average Bonchev–Trinajstić information content (AvgIpc) is 3.40. The van der Waals surface area contributed by atoms with Crippen molar-refractivity contribution in [2.75, 3.05) is 18.0 Å². The van der Waals surface area contributed by atoms with Gasteiger partial charge in [0.05, 0.1) is 17.5 Å². The highest BCUT2D eigenvalue weighted by atomic mass is 19.1. The van der Waals surface area contributed by atoms with Crippen molar-refractivity contribution in [3.63, 3.8) is 0 Å². The number of nitrogens with one attached hydrogen (secondary N) is 1. The van der Waals surface area contributed by atoms with E-state index < -0.39 is 60.5 Å². The Bertz CT molecular complexity index is 852. The highest BCUT2D eigenvalue weighted by Crippen LogP contribution is 2.50. The molecule has 1 fully saturated rings. The number of aliphatic carboxylic acids is 1. The van der Waals surface area contributed by atoms with Crippen LogP contribution in [-0.2, 0) is 19.8 Å². The van der Waals surface area contributed by atoms with Crippen LogP contribution < -0.4 is 10.2 Å². The summed E-state index contributed by atoms with van der Waals surface area (Å²) in [6.07, 6.45) is -1.05. The van der Waals surface area contributed by atoms with Crippen LogP contribution in [0.15, 0.2) is 6.07 Å². The van der Waals surface area contributed by atoms with Gasteiger partial charge in [0, 0.05) is 12.1 Å². The molecule has 1 heterocycles. The second kappa shape index (κ2) is 7.10. The van der Waals surface area contributed by atoms with Crippen LogP contribution in [0.1, 0.15) is 50.2 Å². The van der Waals surface area contributed by atoms with E-state index in [2.05, 4.69) is 5.32 Å². The van der Waals surface area contributed by atoms with E-state index >= 15 is 4.39 Å². The Morgan fingerprint density at radius 3 is 2.57 bits per heavy atom. The maximum absolute atomic E-state index is 15.0. The molecular weight excluding hydrogens is 377 g/mol. The standard InChI is InChI=1S/C19H21F3N2O4/c1-19(2)15-16(22)11(9-3-4-9)6-12(21)17(15)24(18(19)28)8-13(25)23-7-10(20)5-14(26)27/h6,9-10H,3-5,7-8H2,1-2H3,(H,23,25)(H,26,27)/t10-/m0/s1. The maximum atomic E-state index is 15.0. The van der Waals surface area contributed by atoms with Crippen molar-refractivity contribution < 1.29 is 32.7 Å². The normalized spacial score (nSPS) is 18.8. The van der Waals surface area contributed by atoms with Crippen molar-refractivity contribution in [1.82, 2.24) is 5.32 Å². The molecule has 9 heteroatoms. The van der Waals surface area contributed by atoms with Crippen molar-refractivity contribution in [2.45, 2.75) is 50.6 Å². The predicted octanol–water partition coefficient (Wildman–Crippen LogP) is 2.40. The predicted molar refractivity (Wildman–Crippen MR) is 93.9 cm³/mol. The summed E-state index contributed by atoms with van der Waals surface area (Å²) in [6.45, 7) is 1.76. The highest BCUT2D eigenvalue weighted by Gasteiger charge is 2.49. The smallest absolute Gasteiger partial charge is 0.306 e. The zero-order valence-corrected chi connectivity index (χ0v) is 15.5. The second-order valence-corrected chi connectivity index (χ2v) is 7.77. The van der Waals surface area contributed by atoms with E-state index in [1.807, 2.05) is 0 Å². The first-order valence-corrected chi connectivity index (χ1v) is 9.01. The fourth-order valence-electron chi connectivity index (χ4n) is 3.54. The number of anilines is 1. The molecular formula is C19H21F3N2O4. The maximum Gasteiger partial charge on any atom is 0.306 e. The third-order valence-corrected chi connectivity index (χ3v) is 5.13. The number of carbonyl (C=O) groups is 3. The summed E-state index contributed by atoms with van der Waals surface area (Å²) in [5.74, 6) is -4.23. The molecule has 1 aliphatic heterocycles. The van der Waals surface area contributed by atoms with Gasteiger partial charge in [-0.2, -0.15) is 0 Å². The number of rotatable bonds is 7. The number of carboxylic acids is 1. The van der Waals surface area contributed by atoms with Gasteiger partial charge in [-0.05, 0) is 44.2 Å². The van der Waals surface area contributed by atoms with Gasteiger partial charge in [0.2, 0.25) is 11.8 Å². The topological polar surface area (TPSA) is 86.7 Å².